The second-order valence-electron chi connectivity index (χ2n) is 5.10. The first-order valence-corrected chi connectivity index (χ1v) is 6.30. The molecule has 1 aromatic heterocycles. The molecule has 1 aliphatic heterocycles. The molecule has 3 N–H and O–H groups in total. The summed E-state index contributed by atoms with van der Waals surface area (Å²) in [6.45, 7) is 6.26. The number of nitrogens with zero attached hydrogens (tertiary/aromatic N) is 2. The molecule has 1 aromatic rings. The van der Waals surface area contributed by atoms with Gasteiger partial charge >= 0.3 is 0 Å². The zero-order valence-electron chi connectivity index (χ0n) is 10.8. The lowest BCUT2D eigenvalue weighted by Gasteiger charge is -2.35. The predicted molar refractivity (Wildman–Crippen MR) is 66.4 cm³/mol. The van der Waals surface area contributed by atoms with E-state index in [0.29, 0.717) is 18.3 Å². The molecule has 0 spiro atoms. The molecule has 0 bridgehead atoms. The van der Waals surface area contributed by atoms with Gasteiger partial charge in [-0.05, 0) is 32.2 Å². The highest BCUT2D eigenvalue weighted by molar-refractivity contribution is 5.91. The number of hydrazine groups is 1. The number of likely N-dealkylation sites (tertiary alicyclic amines) is 1. The highest BCUT2D eigenvalue weighted by Gasteiger charge is 2.24. The fourth-order valence-electron chi connectivity index (χ4n) is 2.46. The Bertz CT molecular complexity index is 418. The van der Waals surface area contributed by atoms with Crippen molar-refractivity contribution in [2.45, 2.75) is 39.3 Å². The van der Waals surface area contributed by atoms with Crippen LogP contribution in [-0.4, -0.2) is 28.6 Å². The first kappa shape index (κ1) is 13.0. The monoisotopic (exact) mass is 252 g/mol. The van der Waals surface area contributed by atoms with E-state index in [-0.39, 0.29) is 5.69 Å². The number of hydrogen-bond acceptors (Lipinski definition) is 5. The van der Waals surface area contributed by atoms with E-state index in [1.54, 1.807) is 6.07 Å². The number of nitrogens with one attached hydrogen (secondary N) is 1. The van der Waals surface area contributed by atoms with Crippen molar-refractivity contribution in [3.63, 3.8) is 0 Å². The Kier molecular flexibility index (Phi) is 3.98. The van der Waals surface area contributed by atoms with E-state index in [1.165, 1.54) is 12.8 Å². The number of carbonyl (C=O) groups is 1. The van der Waals surface area contributed by atoms with Crippen molar-refractivity contribution >= 4 is 5.91 Å². The van der Waals surface area contributed by atoms with Gasteiger partial charge in [0.2, 0.25) is 0 Å². The van der Waals surface area contributed by atoms with Crippen LogP contribution in [0.5, 0.6) is 0 Å². The second kappa shape index (κ2) is 5.49. The SMILES string of the molecule is CC1CCN(Cc2cc(C(=O)NN)no2)C(C)C1. The summed E-state index contributed by atoms with van der Waals surface area (Å²) < 4.78 is 5.16. The first-order chi connectivity index (χ1) is 8.60. The van der Waals surface area contributed by atoms with Gasteiger partial charge in [-0.3, -0.25) is 15.1 Å². The van der Waals surface area contributed by atoms with Crippen LogP contribution < -0.4 is 11.3 Å². The molecule has 0 aromatic carbocycles. The van der Waals surface area contributed by atoms with Crippen molar-refractivity contribution in [1.82, 2.24) is 15.5 Å². The summed E-state index contributed by atoms with van der Waals surface area (Å²) in [4.78, 5) is 13.6. The third-order valence-corrected chi connectivity index (χ3v) is 3.56. The summed E-state index contributed by atoms with van der Waals surface area (Å²) in [7, 11) is 0. The molecule has 2 unspecified atom stereocenters. The van der Waals surface area contributed by atoms with Crippen LogP contribution in [0.2, 0.25) is 0 Å². The molecular weight excluding hydrogens is 232 g/mol. The zero-order valence-corrected chi connectivity index (χ0v) is 10.8. The van der Waals surface area contributed by atoms with Crippen LogP contribution in [0.3, 0.4) is 0 Å². The van der Waals surface area contributed by atoms with E-state index < -0.39 is 5.91 Å². The van der Waals surface area contributed by atoms with Gasteiger partial charge < -0.3 is 4.52 Å². The fraction of sp³-hybridized carbons (Fsp3) is 0.667. The van der Waals surface area contributed by atoms with E-state index in [2.05, 4.69) is 23.9 Å². The third kappa shape index (κ3) is 2.88. The Balaban J connectivity index is 1.97. The van der Waals surface area contributed by atoms with E-state index in [0.717, 1.165) is 12.5 Å². The second-order valence-corrected chi connectivity index (χ2v) is 5.10. The quantitative estimate of drug-likeness (QED) is 0.474. The lowest BCUT2D eigenvalue weighted by molar-refractivity contribution is 0.0943. The molecule has 2 heterocycles. The summed E-state index contributed by atoms with van der Waals surface area (Å²) in [5.74, 6) is 6.10. The maximum absolute atomic E-state index is 11.3. The lowest BCUT2D eigenvalue weighted by atomic mass is 9.93. The number of hydrogen-bond donors (Lipinski definition) is 2. The predicted octanol–water partition coefficient (Wildman–Crippen LogP) is 0.898. The molecule has 2 rings (SSSR count). The van der Waals surface area contributed by atoms with Gasteiger partial charge in [-0.15, -0.1) is 0 Å². The van der Waals surface area contributed by atoms with E-state index in [4.69, 9.17) is 10.4 Å². The van der Waals surface area contributed by atoms with Gasteiger partial charge in [0, 0.05) is 12.1 Å². The first-order valence-electron chi connectivity index (χ1n) is 6.30. The molecule has 2 atom stereocenters. The molecule has 1 amide bonds. The van der Waals surface area contributed by atoms with Gasteiger partial charge in [-0.1, -0.05) is 12.1 Å². The van der Waals surface area contributed by atoms with Gasteiger partial charge in [-0.2, -0.15) is 0 Å². The number of piperidine rings is 1. The van der Waals surface area contributed by atoms with Crippen molar-refractivity contribution in [3.05, 3.63) is 17.5 Å². The molecule has 0 saturated carbocycles. The average Bonchev–Trinajstić information content (AvgIpc) is 2.80. The van der Waals surface area contributed by atoms with Crippen LogP contribution in [0.1, 0.15) is 42.9 Å². The molecule has 0 radical (unpaired) electrons. The Hall–Kier alpha value is -1.40. The van der Waals surface area contributed by atoms with Crippen molar-refractivity contribution in [1.29, 1.82) is 0 Å². The van der Waals surface area contributed by atoms with Crippen LogP contribution in [0, 0.1) is 5.92 Å². The van der Waals surface area contributed by atoms with Crippen LogP contribution in [0.25, 0.3) is 0 Å². The Morgan fingerprint density at radius 2 is 2.44 bits per heavy atom. The van der Waals surface area contributed by atoms with Crippen molar-refractivity contribution in [2.24, 2.45) is 11.8 Å². The van der Waals surface area contributed by atoms with Gasteiger partial charge in [0.25, 0.3) is 5.91 Å². The maximum Gasteiger partial charge on any atom is 0.287 e. The van der Waals surface area contributed by atoms with Gasteiger partial charge in [-0.25, -0.2) is 5.84 Å². The van der Waals surface area contributed by atoms with Gasteiger partial charge in [0.05, 0.1) is 6.54 Å². The van der Waals surface area contributed by atoms with Crippen LogP contribution >= 0.6 is 0 Å². The standard InChI is InChI=1S/C12H20N4O2/c1-8-3-4-16(9(2)5-8)7-10-6-11(15-18-10)12(17)14-13/h6,8-9H,3-5,7,13H2,1-2H3,(H,14,17). The number of nitrogen functional groups attached to an aromatic ring is 1. The van der Waals surface area contributed by atoms with E-state index in [1.807, 2.05) is 5.43 Å². The Labute approximate surface area is 106 Å². The minimum absolute atomic E-state index is 0.227. The number of nitrogens with two attached hydrogens (primary N) is 1. The zero-order chi connectivity index (χ0) is 13.1. The van der Waals surface area contributed by atoms with Crippen LogP contribution in [-0.2, 0) is 6.54 Å². The molecular formula is C12H20N4O2. The van der Waals surface area contributed by atoms with Crippen molar-refractivity contribution in [2.75, 3.05) is 6.54 Å². The minimum Gasteiger partial charge on any atom is -0.359 e. The van der Waals surface area contributed by atoms with Crippen LogP contribution in [0.4, 0.5) is 0 Å². The Morgan fingerprint density at radius 3 is 3.11 bits per heavy atom. The van der Waals surface area contributed by atoms with Gasteiger partial charge in [0.1, 0.15) is 0 Å². The number of carbonyl (C=O) groups excluding carboxylic acids is 1. The highest BCUT2D eigenvalue weighted by atomic mass is 16.5. The topological polar surface area (TPSA) is 84.4 Å². The van der Waals surface area contributed by atoms with Crippen molar-refractivity contribution in [3.8, 4) is 0 Å². The van der Waals surface area contributed by atoms with E-state index in [9.17, 15) is 4.79 Å². The number of amides is 1. The number of aromatic nitrogens is 1. The number of rotatable bonds is 3. The summed E-state index contributed by atoms with van der Waals surface area (Å²) in [6.07, 6.45) is 2.40. The molecule has 6 nitrogen and oxygen atoms in total. The minimum atomic E-state index is -0.426. The fourth-order valence-corrected chi connectivity index (χ4v) is 2.46. The Morgan fingerprint density at radius 1 is 1.67 bits per heavy atom. The third-order valence-electron chi connectivity index (χ3n) is 3.56. The summed E-state index contributed by atoms with van der Waals surface area (Å²) >= 11 is 0. The molecule has 1 aliphatic rings. The average molecular weight is 252 g/mol. The van der Waals surface area contributed by atoms with Crippen molar-refractivity contribution < 1.29 is 9.32 Å². The largest absolute Gasteiger partial charge is 0.359 e. The summed E-state index contributed by atoms with van der Waals surface area (Å²) in [5.41, 5.74) is 2.27. The summed E-state index contributed by atoms with van der Waals surface area (Å²) in [5, 5.41) is 3.70. The van der Waals surface area contributed by atoms with Gasteiger partial charge in [0.15, 0.2) is 11.5 Å². The summed E-state index contributed by atoms with van der Waals surface area (Å²) in [6, 6.07) is 2.18. The molecule has 18 heavy (non-hydrogen) atoms. The molecule has 1 saturated heterocycles. The molecule has 1 fully saturated rings. The molecule has 6 heteroatoms. The maximum atomic E-state index is 11.3. The smallest absolute Gasteiger partial charge is 0.287 e. The molecule has 100 valence electrons. The molecule has 0 aliphatic carbocycles. The van der Waals surface area contributed by atoms with E-state index >= 15 is 0 Å². The highest BCUT2D eigenvalue weighted by Crippen LogP contribution is 2.23. The van der Waals surface area contributed by atoms with Crippen LogP contribution in [0.15, 0.2) is 10.6 Å². The normalized spacial score (nSPS) is 25.1. The lowest BCUT2D eigenvalue weighted by Crippen LogP contribution is -2.39.